The lowest BCUT2D eigenvalue weighted by Gasteiger charge is -2.09. The lowest BCUT2D eigenvalue weighted by Crippen LogP contribution is -2.08. The number of rotatable bonds is 4. The summed E-state index contributed by atoms with van der Waals surface area (Å²) in [6, 6.07) is 13.1. The van der Waals surface area contributed by atoms with Gasteiger partial charge in [-0.25, -0.2) is 9.59 Å². The van der Waals surface area contributed by atoms with Gasteiger partial charge in [-0.15, -0.1) is 0 Å². The van der Waals surface area contributed by atoms with Gasteiger partial charge in [-0.1, -0.05) is 31.2 Å². The van der Waals surface area contributed by atoms with Crippen molar-refractivity contribution in [3.63, 3.8) is 0 Å². The molecule has 0 aliphatic carbocycles. The van der Waals surface area contributed by atoms with Crippen molar-refractivity contribution in [3.8, 4) is 5.75 Å². The van der Waals surface area contributed by atoms with Gasteiger partial charge >= 0.3 is 11.6 Å². The van der Waals surface area contributed by atoms with Gasteiger partial charge in [-0.05, 0) is 30.2 Å². The molecule has 0 radical (unpaired) electrons. The van der Waals surface area contributed by atoms with E-state index in [0.717, 1.165) is 17.4 Å². The Morgan fingerprint density at radius 2 is 1.96 bits per heavy atom. The van der Waals surface area contributed by atoms with Crippen LogP contribution in [-0.4, -0.2) is 11.1 Å². The van der Waals surface area contributed by atoms with E-state index in [-0.39, 0.29) is 17.9 Å². The van der Waals surface area contributed by atoms with E-state index in [1.807, 2.05) is 25.1 Å². The lowest BCUT2D eigenvalue weighted by molar-refractivity contribution is 0.0470. The van der Waals surface area contributed by atoms with Crippen LogP contribution < -0.4 is 5.63 Å². The maximum absolute atomic E-state index is 12.1. The van der Waals surface area contributed by atoms with Crippen LogP contribution in [0.2, 0.25) is 0 Å². The molecule has 2 aromatic carbocycles. The van der Waals surface area contributed by atoms with Gasteiger partial charge in [0, 0.05) is 17.0 Å². The van der Waals surface area contributed by atoms with Gasteiger partial charge in [0.15, 0.2) is 0 Å². The molecule has 3 aromatic rings. The largest absolute Gasteiger partial charge is 0.507 e. The highest BCUT2D eigenvalue weighted by Crippen LogP contribution is 2.21. The van der Waals surface area contributed by atoms with Crippen molar-refractivity contribution >= 4 is 16.9 Å². The van der Waals surface area contributed by atoms with Crippen LogP contribution in [0.15, 0.2) is 57.7 Å². The molecule has 1 aromatic heterocycles. The fraction of sp³-hybridized carbons (Fsp3) is 0.158. The first kappa shape index (κ1) is 15.8. The monoisotopic (exact) mass is 324 g/mol. The van der Waals surface area contributed by atoms with Gasteiger partial charge in [0.25, 0.3) is 0 Å². The first-order chi connectivity index (χ1) is 11.6. The summed E-state index contributed by atoms with van der Waals surface area (Å²) in [6.45, 7) is 1.93. The zero-order valence-corrected chi connectivity index (χ0v) is 13.1. The third-order valence-corrected chi connectivity index (χ3v) is 3.79. The average Bonchev–Trinajstić information content (AvgIpc) is 2.59. The Balaban J connectivity index is 1.89. The highest BCUT2D eigenvalue weighted by Gasteiger charge is 2.13. The van der Waals surface area contributed by atoms with Gasteiger partial charge in [0.1, 0.15) is 23.5 Å². The van der Waals surface area contributed by atoms with Gasteiger partial charge in [0.2, 0.25) is 0 Å². The van der Waals surface area contributed by atoms with Gasteiger partial charge in [-0.3, -0.25) is 0 Å². The van der Waals surface area contributed by atoms with Crippen molar-refractivity contribution in [1.82, 2.24) is 0 Å². The van der Waals surface area contributed by atoms with Crippen LogP contribution in [0.4, 0.5) is 0 Å². The number of phenols is 1. The first-order valence-electron chi connectivity index (χ1n) is 7.59. The smallest absolute Gasteiger partial charge is 0.342 e. The third kappa shape index (κ3) is 3.15. The summed E-state index contributed by atoms with van der Waals surface area (Å²) in [4.78, 5) is 23.8. The summed E-state index contributed by atoms with van der Waals surface area (Å²) < 4.78 is 10.5. The van der Waals surface area contributed by atoms with E-state index in [2.05, 4.69) is 0 Å². The van der Waals surface area contributed by atoms with Crippen molar-refractivity contribution in [2.75, 3.05) is 0 Å². The second-order valence-electron chi connectivity index (χ2n) is 5.37. The normalized spacial score (nSPS) is 10.7. The zero-order chi connectivity index (χ0) is 17.1. The number of carbonyl (C=O) groups is 1. The van der Waals surface area contributed by atoms with Gasteiger partial charge in [-0.2, -0.15) is 0 Å². The molecule has 0 aliphatic heterocycles. The second-order valence-corrected chi connectivity index (χ2v) is 5.37. The van der Waals surface area contributed by atoms with Crippen molar-refractivity contribution in [2.45, 2.75) is 20.0 Å². The van der Waals surface area contributed by atoms with Gasteiger partial charge in [0.05, 0.1) is 0 Å². The highest BCUT2D eigenvalue weighted by molar-refractivity contribution is 5.92. The molecule has 0 saturated carbocycles. The molecule has 0 spiro atoms. The lowest BCUT2D eigenvalue weighted by atomic mass is 10.1. The molecule has 0 aliphatic rings. The van der Waals surface area contributed by atoms with E-state index in [0.29, 0.717) is 11.1 Å². The molecule has 0 amide bonds. The molecule has 0 fully saturated rings. The molecule has 5 nitrogen and oxygen atoms in total. The minimum atomic E-state index is -0.653. The molecular weight excluding hydrogens is 308 g/mol. The number of carbonyl (C=O) groups excluding carboxylic acids is 1. The Morgan fingerprint density at radius 1 is 1.17 bits per heavy atom. The second kappa shape index (κ2) is 6.58. The minimum absolute atomic E-state index is 0.0815. The Morgan fingerprint density at radius 3 is 2.71 bits per heavy atom. The van der Waals surface area contributed by atoms with Crippen LogP contribution in [0.1, 0.15) is 28.4 Å². The van der Waals surface area contributed by atoms with E-state index in [1.165, 1.54) is 18.2 Å². The Labute approximate surface area is 138 Å². The highest BCUT2D eigenvalue weighted by atomic mass is 16.5. The number of hydrogen-bond donors (Lipinski definition) is 1. The fourth-order valence-electron chi connectivity index (χ4n) is 2.48. The molecule has 122 valence electrons. The summed E-state index contributed by atoms with van der Waals surface area (Å²) in [7, 11) is 0. The van der Waals surface area contributed by atoms with E-state index < -0.39 is 11.6 Å². The number of benzene rings is 2. The molecule has 0 saturated heterocycles. The zero-order valence-electron chi connectivity index (χ0n) is 13.1. The SMILES string of the molecule is CCc1ccc2c(COC(=O)c3ccccc3O)cc(=O)oc2c1. The van der Waals surface area contributed by atoms with Crippen molar-refractivity contribution in [2.24, 2.45) is 0 Å². The predicted molar refractivity (Wildman–Crippen MR) is 89.1 cm³/mol. The van der Waals surface area contributed by atoms with E-state index >= 15 is 0 Å². The van der Waals surface area contributed by atoms with Crippen LogP contribution in [0.3, 0.4) is 0 Å². The number of aryl methyl sites for hydroxylation is 1. The number of hydrogen-bond acceptors (Lipinski definition) is 5. The number of fused-ring (bicyclic) bond motifs is 1. The van der Waals surface area contributed by atoms with Crippen LogP contribution in [0.5, 0.6) is 5.75 Å². The maximum Gasteiger partial charge on any atom is 0.342 e. The van der Waals surface area contributed by atoms with Crippen LogP contribution in [-0.2, 0) is 17.8 Å². The average molecular weight is 324 g/mol. The number of ether oxygens (including phenoxy) is 1. The summed E-state index contributed by atoms with van der Waals surface area (Å²) in [5.41, 5.74) is 1.67. The Hall–Kier alpha value is -3.08. The fourth-order valence-corrected chi connectivity index (χ4v) is 2.48. The maximum atomic E-state index is 12.1. The van der Waals surface area contributed by atoms with Crippen LogP contribution >= 0.6 is 0 Å². The van der Waals surface area contributed by atoms with E-state index in [1.54, 1.807) is 12.1 Å². The summed E-state index contributed by atoms with van der Waals surface area (Å²) in [5, 5.41) is 10.4. The molecule has 0 bridgehead atoms. The molecule has 0 atom stereocenters. The van der Waals surface area contributed by atoms with Crippen LogP contribution in [0, 0.1) is 0 Å². The Kier molecular flexibility index (Phi) is 4.33. The summed E-state index contributed by atoms with van der Waals surface area (Å²) in [5.74, 6) is -0.799. The molecule has 0 unspecified atom stereocenters. The van der Waals surface area contributed by atoms with Gasteiger partial charge < -0.3 is 14.3 Å². The molecule has 1 N–H and O–H groups in total. The van der Waals surface area contributed by atoms with E-state index in [4.69, 9.17) is 9.15 Å². The number of esters is 1. The molecule has 24 heavy (non-hydrogen) atoms. The Bertz CT molecular complexity index is 955. The summed E-state index contributed by atoms with van der Waals surface area (Å²) in [6.07, 6.45) is 0.826. The number of para-hydroxylation sites is 1. The van der Waals surface area contributed by atoms with Crippen molar-refractivity contribution in [1.29, 1.82) is 0 Å². The quantitative estimate of drug-likeness (QED) is 0.588. The summed E-state index contributed by atoms with van der Waals surface area (Å²) >= 11 is 0. The molecule has 5 heteroatoms. The van der Waals surface area contributed by atoms with Crippen molar-refractivity contribution in [3.05, 3.63) is 75.6 Å². The van der Waals surface area contributed by atoms with E-state index in [9.17, 15) is 14.7 Å². The number of aromatic hydroxyl groups is 1. The topological polar surface area (TPSA) is 76.7 Å². The molecule has 3 rings (SSSR count). The van der Waals surface area contributed by atoms with Crippen LogP contribution in [0.25, 0.3) is 11.0 Å². The third-order valence-electron chi connectivity index (χ3n) is 3.79. The minimum Gasteiger partial charge on any atom is -0.507 e. The molecular formula is C19H16O5. The standard InChI is InChI=1S/C19H16O5/c1-2-12-7-8-14-13(10-18(21)24-17(14)9-12)11-23-19(22)15-5-3-4-6-16(15)20/h3-10,20H,2,11H2,1H3. The molecule has 1 heterocycles. The van der Waals surface area contributed by atoms with Crippen molar-refractivity contribution < 1.29 is 19.1 Å². The predicted octanol–water partition coefficient (Wildman–Crippen LogP) is 3.42. The number of phenolic OH excluding ortho intramolecular Hbond substituents is 1. The first-order valence-corrected chi connectivity index (χ1v) is 7.59.